The highest BCUT2D eigenvalue weighted by Crippen LogP contribution is 2.15. The van der Waals surface area contributed by atoms with Crippen molar-refractivity contribution in [2.75, 3.05) is 13.2 Å². The van der Waals surface area contributed by atoms with Crippen LogP contribution in [0.25, 0.3) is 0 Å². The highest BCUT2D eigenvalue weighted by molar-refractivity contribution is 5.81. The number of hydrogen-bond acceptors (Lipinski definition) is 3. The zero-order valence-corrected chi connectivity index (χ0v) is 11.0. The molecule has 0 aliphatic rings. The monoisotopic (exact) mass is 283 g/mol. The van der Waals surface area contributed by atoms with Crippen LogP contribution in [0.3, 0.4) is 0 Å². The molecule has 19 heavy (non-hydrogen) atoms. The summed E-state index contributed by atoms with van der Waals surface area (Å²) < 4.78 is 39.9. The fourth-order valence-electron chi connectivity index (χ4n) is 1.38. The molecule has 0 aromatic carbocycles. The van der Waals surface area contributed by atoms with E-state index in [1.54, 1.807) is 0 Å². The Morgan fingerprint density at radius 3 is 2.37 bits per heavy atom. The Balaban J connectivity index is 3.64. The molecule has 4 nitrogen and oxygen atoms in total. The summed E-state index contributed by atoms with van der Waals surface area (Å²) >= 11 is 0. The van der Waals surface area contributed by atoms with Crippen LogP contribution < -0.4 is 5.32 Å². The molecule has 0 atom stereocenters. The number of halogens is 3. The van der Waals surface area contributed by atoms with E-state index in [-0.39, 0.29) is 6.42 Å². The molecule has 0 aromatic heterocycles. The molecule has 0 bridgehead atoms. The molecule has 0 spiro atoms. The molecule has 1 amide bonds. The summed E-state index contributed by atoms with van der Waals surface area (Å²) in [5, 5.41) is 2.15. The maximum atomic E-state index is 12.3. The second kappa shape index (κ2) is 9.63. The third-order valence-electron chi connectivity index (χ3n) is 2.36. The van der Waals surface area contributed by atoms with Crippen molar-refractivity contribution in [1.82, 2.24) is 5.32 Å². The lowest BCUT2D eigenvalue weighted by atomic mass is 10.1. The van der Waals surface area contributed by atoms with Gasteiger partial charge in [-0.25, -0.2) is 9.18 Å². The van der Waals surface area contributed by atoms with Gasteiger partial charge in [-0.15, -0.1) is 0 Å². The molecule has 1 N–H and O–H groups in total. The van der Waals surface area contributed by atoms with E-state index in [2.05, 4.69) is 17.0 Å². The summed E-state index contributed by atoms with van der Waals surface area (Å²) in [6.07, 6.45) is 0.938. The molecule has 0 saturated carbocycles. The molecule has 0 rings (SSSR count). The number of nitrogens with one attached hydrogen (secondary N) is 1. The van der Waals surface area contributed by atoms with Crippen molar-refractivity contribution in [2.45, 2.75) is 51.6 Å². The third kappa shape index (κ3) is 10.3. The van der Waals surface area contributed by atoms with Gasteiger partial charge in [-0.1, -0.05) is 32.6 Å². The van der Waals surface area contributed by atoms with Crippen molar-refractivity contribution >= 4 is 11.9 Å². The van der Waals surface area contributed by atoms with Gasteiger partial charge in [-0.3, -0.25) is 4.79 Å². The maximum Gasteiger partial charge on any atom is 0.429 e. The number of amides is 1. The Hall–Kier alpha value is -1.27. The van der Waals surface area contributed by atoms with Crippen molar-refractivity contribution in [3.05, 3.63) is 0 Å². The highest BCUT2D eigenvalue weighted by atomic mass is 19.3. The van der Waals surface area contributed by atoms with Gasteiger partial charge in [0.15, 0.2) is 6.67 Å². The minimum Gasteiger partial charge on any atom is -0.397 e. The fourth-order valence-corrected chi connectivity index (χ4v) is 1.38. The van der Waals surface area contributed by atoms with Gasteiger partial charge in [0.1, 0.15) is 6.54 Å². The molecule has 0 aromatic rings. The van der Waals surface area contributed by atoms with Crippen molar-refractivity contribution < 1.29 is 27.5 Å². The first-order valence-corrected chi connectivity index (χ1v) is 6.33. The number of ether oxygens (including phenoxy) is 1. The first-order valence-electron chi connectivity index (χ1n) is 6.33. The average molecular weight is 283 g/mol. The van der Waals surface area contributed by atoms with Crippen LogP contribution in [0.5, 0.6) is 0 Å². The largest absolute Gasteiger partial charge is 0.429 e. The predicted octanol–water partition coefficient (Wildman–Crippen LogP) is 2.57. The normalized spacial score (nSPS) is 11.2. The van der Waals surface area contributed by atoms with Gasteiger partial charge in [0.25, 0.3) is 0 Å². The lowest BCUT2D eigenvalue weighted by Gasteiger charge is -2.13. The predicted molar refractivity (Wildman–Crippen MR) is 63.4 cm³/mol. The molecule has 0 radical (unpaired) electrons. The van der Waals surface area contributed by atoms with Crippen molar-refractivity contribution in [3.63, 3.8) is 0 Å². The second-order valence-corrected chi connectivity index (χ2v) is 4.19. The van der Waals surface area contributed by atoms with E-state index in [1.165, 1.54) is 0 Å². The standard InChI is InChI=1S/C12H20F3NO3/c1-2-3-4-5-6-7-10(17)16-8-11(18)19-12(14,15)9-13/h2-9H2,1H3,(H,16,17). The number of carbonyl (C=O) groups excluding carboxylic acids is 2. The first kappa shape index (κ1) is 17.7. The van der Waals surface area contributed by atoms with Crippen LogP contribution in [0.15, 0.2) is 0 Å². The van der Waals surface area contributed by atoms with E-state index in [0.717, 1.165) is 25.7 Å². The Labute approximate surface area is 110 Å². The zero-order valence-electron chi connectivity index (χ0n) is 11.0. The Kier molecular flexibility index (Phi) is 8.99. The van der Waals surface area contributed by atoms with E-state index in [1.807, 2.05) is 0 Å². The fraction of sp³-hybridized carbons (Fsp3) is 0.833. The number of alkyl halides is 3. The van der Waals surface area contributed by atoms with Crippen LogP contribution in [-0.4, -0.2) is 31.2 Å². The minimum absolute atomic E-state index is 0.233. The number of carbonyl (C=O) groups is 2. The molecule has 0 aliphatic heterocycles. The smallest absolute Gasteiger partial charge is 0.397 e. The molecule has 0 unspecified atom stereocenters. The lowest BCUT2D eigenvalue weighted by Crippen LogP contribution is -2.35. The van der Waals surface area contributed by atoms with Gasteiger partial charge in [-0.05, 0) is 6.42 Å². The maximum absolute atomic E-state index is 12.3. The number of unbranched alkanes of at least 4 members (excludes halogenated alkanes) is 4. The minimum atomic E-state index is -4.12. The molecule has 112 valence electrons. The van der Waals surface area contributed by atoms with Crippen LogP contribution in [-0.2, 0) is 14.3 Å². The molecule has 7 heteroatoms. The van der Waals surface area contributed by atoms with Crippen LogP contribution in [0.1, 0.15) is 45.4 Å². The average Bonchev–Trinajstić information content (AvgIpc) is 2.35. The van der Waals surface area contributed by atoms with Crippen LogP contribution in [0.2, 0.25) is 0 Å². The van der Waals surface area contributed by atoms with Crippen molar-refractivity contribution in [2.24, 2.45) is 0 Å². The third-order valence-corrected chi connectivity index (χ3v) is 2.36. The Morgan fingerprint density at radius 1 is 1.16 bits per heavy atom. The summed E-state index contributed by atoms with van der Waals surface area (Å²) in [6, 6.07) is 0. The van der Waals surface area contributed by atoms with Gasteiger partial charge >= 0.3 is 12.1 Å². The van der Waals surface area contributed by atoms with Crippen molar-refractivity contribution in [3.8, 4) is 0 Å². The van der Waals surface area contributed by atoms with Gasteiger partial charge in [0.2, 0.25) is 5.91 Å². The summed E-state index contributed by atoms with van der Waals surface area (Å²) in [5.74, 6) is -1.76. The van der Waals surface area contributed by atoms with Gasteiger partial charge in [0, 0.05) is 6.42 Å². The second-order valence-electron chi connectivity index (χ2n) is 4.19. The van der Waals surface area contributed by atoms with E-state index < -0.39 is 31.2 Å². The molecule has 0 fully saturated rings. The number of rotatable bonds is 10. The SMILES string of the molecule is CCCCCCCC(=O)NCC(=O)OC(F)(F)CF. The van der Waals surface area contributed by atoms with Gasteiger partial charge in [0.05, 0.1) is 0 Å². The van der Waals surface area contributed by atoms with Gasteiger partial charge < -0.3 is 10.1 Å². The zero-order chi connectivity index (χ0) is 14.7. The summed E-state index contributed by atoms with van der Waals surface area (Å²) in [7, 11) is 0. The topological polar surface area (TPSA) is 55.4 Å². The summed E-state index contributed by atoms with van der Waals surface area (Å²) in [4.78, 5) is 22.1. The van der Waals surface area contributed by atoms with Crippen LogP contribution >= 0.6 is 0 Å². The summed E-state index contributed by atoms with van der Waals surface area (Å²) in [6.45, 7) is -0.682. The quantitative estimate of drug-likeness (QED) is 0.495. The Bertz CT molecular complexity index is 285. The van der Waals surface area contributed by atoms with E-state index in [0.29, 0.717) is 6.42 Å². The molecular formula is C12H20F3NO3. The van der Waals surface area contributed by atoms with E-state index in [4.69, 9.17) is 0 Å². The van der Waals surface area contributed by atoms with Crippen LogP contribution in [0, 0.1) is 0 Å². The molecule has 0 heterocycles. The van der Waals surface area contributed by atoms with E-state index >= 15 is 0 Å². The summed E-state index contributed by atoms with van der Waals surface area (Å²) in [5.41, 5.74) is 0. The van der Waals surface area contributed by atoms with Gasteiger partial charge in [-0.2, -0.15) is 8.78 Å². The lowest BCUT2D eigenvalue weighted by molar-refractivity contribution is -0.237. The number of esters is 1. The molecule has 0 aliphatic carbocycles. The molecule has 0 saturated heterocycles. The van der Waals surface area contributed by atoms with Crippen LogP contribution in [0.4, 0.5) is 13.2 Å². The van der Waals surface area contributed by atoms with E-state index in [9.17, 15) is 22.8 Å². The first-order chi connectivity index (χ1) is 8.91. The number of hydrogen-bond donors (Lipinski definition) is 1. The Morgan fingerprint density at radius 2 is 1.79 bits per heavy atom. The highest BCUT2D eigenvalue weighted by Gasteiger charge is 2.33. The van der Waals surface area contributed by atoms with Crippen molar-refractivity contribution in [1.29, 1.82) is 0 Å². The molecular weight excluding hydrogens is 263 g/mol.